The van der Waals surface area contributed by atoms with Crippen LogP contribution in [0.5, 0.6) is 0 Å². The predicted molar refractivity (Wildman–Crippen MR) is 118 cm³/mol. The van der Waals surface area contributed by atoms with Gasteiger partial charge in [0.25, 0.3) is 0 Å². The molecule has 0 saturated heterocycles. The third-order valence-corrected chi connectivity index (χ3v) is 4.54. The van der Waals surface area contributed by atoms with E-state index < -0.39 is 23.9 Å². The molecule has 4 rings (SSSR count). The molecule has 0 aliphatic rings. The van der Waals surface area contributed by atoms with Crippen molar-refractivity contribution in [2.45, 2.75) is 0 Å². The first-order valence-electron chi connectivity index (χ1n) is 9.90. The van der Waals surface area contributed by atoms with Crippen LogP contribution in [0.3, 0.4) is 0 Å². The molecule has 0 bridgehead atoms. The molecule has 0 unspecified atom stereocenters. The average Bonchev–Trinajstić information content (AvgIpc) is 2.89. The fourth-order valence-corrected chi connectivity index (χ4v) is 2.68. The Hall–Kier alpha value is -5.00. The van der Waals surface area contributed by atoms with Crippen LogP contribution < -0.4 is 10.2 Å². The van der Waals surface area contributed by atoms with Gasteiger partial charge in [0, 0.05) is 35.9 Å². The number of carboxylic acids is 4. The van der Waals surface area contributed by atoms with Crippen molar-refractivity contribution in [3.63, 3.8) is 0 Å². The van der Waals surface area contributed by atoms with Gasteiger partial charge in [-0.3, -0.25) is 19.9 Å². The molecule has 1 radical (unpaired) electrons. The Morgan fingerprint density at radius 3 is 0.892 bits per heavy atom. The standard InChI is InChI=1S/2C12H8N2O4.Cu/c2*15-11(16)7-1-3-9(13-5-7)10-4-2-8(6-14-10)12(17)18;/h2*1-6H,(H,15,16)(H,17,18);/q;;+2/p-2. The van der Waals surface area contributed by atoms with Crippen LogP contribution in [0.4, 0.5) is 0 Å². The maximum absolute atomic E-state index is 10.6. The summed E-state index contributed by atoms with van der Waals surface area (Å²) in [5, 5.41) is 38.5. The minimum absolute atomic E-state index is 0. The second kappa shape index (κ2) is 12.6. The van der Waals surface area contributed by atoms with Crippen LogP contribution in [0.2, 0.25) is 0 Å². The SMILES string of the molecule is O=C([O-])c1ccc(-c2ccc(C(=O)O)cn2)nc1.O=C([O-])c1ccc(-c2ccc(C(=O)O)cn2)nc1.[Cu+2]. The maximum atomic E-state index is 10.6. The average molecular weight is 550 g/mol. The topological polar surface area (TPSA) is 206 Å². The number of nitrogens with zero attached hydrogens (tertiary/aromatic N) is 4. The van der Waals surface area contributed by atoms with Gasteiger partial charge in [-0.05, 0) is 48.5 Å². The van der Waals surface area contributed by atoms with E-state index in [0.717, 1.165) is 12.4 Å². The molecule has 37 heavy (non-hydrogen) atoms. The summed E-state index contributed by atoms with van der Waals surface area (Å²) in [6.07, 6.45) is 4.76. The van der Waals surface area contributed by atoms with Gasteiger partial charge in [0.05, 0.1) is 45.8 Å². The first kappa shape index (κ1) is 28.2. The van der Waals surface area contributed by atoms with Gasteiger partial charge in [-0.15, -0.1) is 0 Å². The Morgan fingerprint density at radius 1 is 0.486 bits per heavy atom. The first-order chi connectivity index (χ1) is 17.2. The van der Waals surface area contributed by atoms with Crippen LogP contribution in [0.1, 0.15) is 41.4 Å². The van der Waals surface area contributed by atoms with Crippen molar-refractivity contribution < 1.29 is 56.7 Å². The van der Waals surface area contributed by atoms with Crippen molar-refractivity contribution in [2.24, 2.45) is 0 Å². The van der Waals surface area contributed by atoms with E-state index in [1.807, 2.05) is 0 Å². The van der Waals surface area contributed by atoms with E-state index in [0.29, 0.717) is 22.8 Å². The van der Waals surface area contributed by atoms with E-state index in [2.05, 4.69) is 19.9 Å². The number of hydrogen-bond donors (Lipinski definition) is 2. The summed E-state index contributed by atoms with van der Waals surface area (Å²) in [5.41, 5.74) is 1.93. The third kappa shape index (κ3) is 7.49. The van der Waals surface area contributed by atoms with Gasteiger partial charge in [-0.25, -0.2) is 9.59 Å². The fraction of sp³-hybridized carbons (Fsp3) is 0. The van der Waals surface area contributed by atoms with E-state index in [9.17, 15) is 29.4 Å². The van der Waals surface area contributed by atoms with Gasteiger partial charge in [0.1, 0.15) is 0 Å². The maximum Gasteiger partial charge on any atom is 2.00 e. The summed E-state index contributed by atoms with van der Waals surface area (Å²) < 4.78 is 0. The van der Waals surface area contributed by atoms with Crippen molar-refractivity contribution in [3.05, 3.63) is 95.6 Å². The molecule has 0 aromatic carbocycles. The number of rotatable bonds is 6. The number of carboxylic acid groups (broad SMARTS) is 4. The Kier molecular flexibility index (Phi) is 9.64. The summed E-state index contributed by atoms with van der Waals surface area (Å²) in [6, 6.07) is 11.5. The van der Waals surface area contributed by atoms with Gasteiger partial charge in [-0.1, -0.05) is 0 Å². The molecular formula is C24H14CuN4O8. The van der Waals surface area contributed by atoms with Crippen molar-refractivity contribution >= 4 is 23.9 Å². The second-order valence-electron chi connectivity index (χ2n) is 6.91. The Bertz CT molecular complexity index is 1190. The molecule has 2 N–H and O–H groups in total. The van der Waals surface area contributed by atoms with Crippen LogP contribution in [-0.4, -0.2) is 54.0 Å². The van der Waals surface area contributed by atoms with Crippen molar-refractivity contribution in [3.8, 4) is 22.8 Å². The van der Waals surface area contributed by atoms with Crippen LogP contribution in [0, 0.1) is 0 Å². The molecule has 12 nitrogen and oxygen atoms in total. The largest absolute Gasteiger partial charge is 2.00 e. The zero-order valence-electron chi connectivity index (χ0n) is 18.4. The van der Waals surface area contributed by atoms with Crippen molar-refractivity contribution in [1.29, 1.82) is 0 Å². The molecule has 0 atom stereocenters. The van der Waals surface area contributed by atoms with E-state index in [1.165, 1.54) is 60.9 Å². The first-order valence-corrected chi connectivity index (χ1v) is 9.90. The second-order valence-corrected chi connectivity index (χ2v) is 6.91. The third-order valence-electron chi connectivity index (χ3n) is 4.54. The monoisotopic (exact) mass is 549 g/mol. The zero-order valence-corrected chi connectivity index (χ0v) is 19.3. The molecular weight excluding hydrogens is 536 g/mol. The smallest absolute Gasteiger partial charge is 0.545 e. The fourth-order valence-electron chi connectivity index (χ4n) is 2.68. The molecule has 0 aliphatic carbocycles. The Balaban J connectivity index is 0.000000253. The van der Waals surface area contributed by atoms with E-state index in [-0.39, 0.29) is 39.3 Å². The van der Waals surface area contributed by atoms with Crippen LogP contribution in [-0.2, 0) is 17.1 Å². The Labute approximate surface area is 218 Å². The van der Waals surface area contributed by atoms with E-state index in [4.69, 9.17) is 10.2 Å². The van der Waals surface area contributed by atoms with Crippen LogP contribution in [0.25, 0.3) is 22.8 Å². The van der Waals surface area contributed by atoms with E-state index >= 15 is 0 Å². The summed E-state index contributed by atoms with van der Waals surface area (Å²) in [5.74, 6) is -4.73. The molecule has 0 aliphatic heterocycles. The molecule has 0 amide bonds. The van der Waals surface area contributed by atoms with Crippen LogP contribution in [0.15, 0.2) is 73.3 Å². The summed E-state index contributed by atoms with van der Waals surface area (Å²) in [6.45, 7) is 0. The number of aromatic nitrogens is 4. The number of carbonyl (C=O) groups is 4. The minimum Gasteiger partial charge on any atom is -0.545 e. The van der Waals surface area contributed by atoms with Gasteiger partial charge < -0.3 is 30.0 Å². The molecule has 0 spiro atoms. The number of pyridine rings is 4. The molecule has 4 aromatic rings. The number of aromatic carboxylic acids is 4. The van der Waals surface area contributed by atoms with Gasteiger partial charge in [-0.2, -0.15) is 0 Å². The number of hydrogen-bond acceptors (Lipinski definition) is 10. The summed E-state index contributed by atoms with van der Waals surface area (Å²) in [4.78, 5) is 58.1. The number of carbonyl (C=O) groups excluding carboxylic acids is 2. The molecule has 13 heteroatoms. The van der Waals surface area contributed by atoms with Crippen LogP contribution >= 0.6 is 0 Å². The Morgan fingerprint density at radius 2 is 0.730 bits per heavy atom. The summed E-state index contributed by atoms with van der Waals surface area (Å²) >= 11 is 0. The minimum atomic E-state index is -1.30. The van der Waals surface area contributed by atoms with Gasteiger partial charge in [0.15, 0.2) is 0 Å². The van der Waals surface area contributed by atoms with Crippen molar-refractivity contribution in [2.75, 3.05) is 0 Å². The normalized spacial score (nSPS) is 9.73. The quantitative estimate of drug-likeness (QED) is 0.313. The van der Waals surface area contributed by atoms with Crippen molar-refractivity contribution in [1.82, 2.24) is 19.9 Å². The molecule has 189 valence electrons. The van der Waals surface area contributed by atoms with E-state index in [1.54, 1.807) is 0 Å². The molecule has 4 heterocycles. The van der Waals surface area contributed by atoms with Gasteiger partial charge in [0.2, 0.25) is 0 Å². The zero-order chi connectivity index (χ0) is 26.2. The predicted octanol–water partition coefficient (Wildman–Crippen LogP) is 0.408. The molecule has 0 fully saturated rings. The summed E-state index contributed by atoms with van der Waals surface area (Å²) in [7, 11) is 0. The van der Waals surface area contributed by atoms with Gasteiger partial charge >= 0.3 is 29.0 Å². The molecule has 0 saturated carbocycles. The molecule has 4 aromatic heterocycles.